The second-order valence-electron chi connectivity index (χ2n) is 2.97. The zero-order chi connectivity index (χ0) is 12.1. The third-order valence-corrected chi connectivity index (χ3v) is 1.65. The van der Waals surface area contributed by atoms with Crippen molar-refractivity contribution in [1.82, 2.24) is 0 Å². The highest BCUT2D eigenvalue weighted by atomic mass is 16.6. The van der Waals surface area contributed by atoms with Gasteiger partial charge in [-0.2, -0.15) is 0 Å². The van der Waals surface area contributed by atoms with Crippen molar-refractivity contribution in [3.8, 4) is 17.2 Å². The number of hydrogen-bond donors (Lipinski definition) is 0. The number of methoxy groups -OCH3 is 1. The molecule has 0 fully saturated rings. The zero-order valence-electron chi connectivity index (χ0n) is 9.27. The van der Waals surface area contributed by atoms with Crippen LogP contribution in [-0.4, -0.2) is 19.0 Å². The van der Waals surface area contributed by atoms with Gasteiger partial charge in [0, 0.05) is 13.8 Å². The van der Waals surface area contributed by atoms with Crippen molar-refractivity contribution in [2.24, 2.45) is 0 Å². The van der Waals surface area contributed by atoms with Gasteiger partial charge in [-0.05, 0) is 12.1 Å². The molecule has 1 rings (SSSR count). The average molecular weight is 240 g/mol. The Morgan fingerprint density at radius 1 is 1.00 bits per heavy atom. The van der Waals surface area contributed by atoms with Gasteiger partial charge in [0.15, 0.2) is 11.5 Å². The maximum absolute atomic E-state index is 10.8. The summed E-state index contributed by atoms with van der Waals surface area (Å²) in [4.78, 5) is 21.7. The van der Waals surface area contributed by atoms with Gasteiger partial charge in [-0.25, -0.2) is 0 Å². The monoisotopic (exact) mass is 240 g/mol. The molecule has 94 valence electrons. The van der Waals surface area contributed by atoms with Crippen LogP contribution in [0.3, 0.4) is 0 Å². The molecule has 0 aromatic heterocycles. The summed E-state index contributed by atoms with van der Waals surface area (Å²) < 4.78 is 14.8. The Morgan fingerprint density at radius 2 is 1.41 bits per heavy atom. The number of hydrogen-bond acceptors (Lipinski definition) is 5. The van der Waals surface area contributed by atoms with E-state index in [-0.39, 0.29) is 24.7 Å². The predicted molar refractivity (Wildman–Crippen MR) is 62.3 cm³/mol. The standard InChI is InChI=1S/C11H12O5.CH4/c1-7(12)15-9-5-4-6-10(11(9)14-3)16-8(2)13;/h4-6H,1-3H3;1H4. The average Bonchev–Trinajstić information content (AvgIpc) is 2.16. The van der Waals surface area contributed by atoms with Crippen molar-refractivity contribution in [2.75, 3.05) is 7.11 Å². The first-order valence-corrected chi connectivity index (χ1v) is 4.58. The summed E-state index contributed by atoms with van der Waals surface area (Å²) in [7, 11) is 1.40. The van der Waals surface area contributed by atoms with Gasteiger partial charge in [-0.15, -0.1) is 0 Å². The van der Waals surface area contributed by atoms with Crippen molar-refractivity contribution in [3.05, 3.63) is 18.2 Å². The molecule has 0 spiro atoms. The molecular weight excluding hydrogens is 224 g/mol. The molecule has 5 nitrogen and oxygen atoms in total. The first-order valence-electron chi connectivity index (χ1n) is 4.58. The first-order chi connectivity index (χ1) is 7.54. The highest BCUT2D eigenvalue weighted by Crippen LogP contribution is 2.36. The first kappa shape index (κ1) is 15.0. The lowest BCUT2D eigenvalue weighted by Crippen LogP contribution is -2.06. The number of para-hydroxylation sites is 1. The Kier molecular flexibility index (Phi) is 5.74. The van der Waals surface area contributed by atoms with Crippen molar-refractivity contribution in [3.63, 3.8) is 0 Å². The van der Waals surface area contributed by atoms with E-state index < -0.39 is 11.9 Å². The maximum Gasteiger partial charge on any atom is 0.308 e. The molecule has 0 radical (unpaired) electrons. The number of carbonyl (C=O) groups excluding carboxylic acids is 2. The van der Waals surface area contributed by atoms with Gasteiger partial charge in [0.1, 0.15) is 0 Å². The Labute approximate surface area is 100 Å². The molecule has 0 aliphatic heterocycles. The molecule has 5 heteroatoms. The van der Waals surface area contributed by atoms with E-state index in [4.69, 9.17) is 14.2 Å². The van der Waals surface area contributed by atoms with Gasteiger partial charge in [0.2, 0.25) is 5.75 Å². The highest BCUT2D eigenvalue weighted by molar-refractivity contribution is 5.73. The molecule has 1 aromatic rings. The molecule has 0 saturated heterocycles. The summed E-state index contributed by atoms with van der Waals surface area (Å²) in [5.41, 5.74) is 0. The summed E-state index contributed by atoms with van der Waals surface area (Å²) in [6, 6.07) is 4.69. The van der Waals surface area contributed by atoms with E-state index in [9.17, 15) is 9.59 Å². The van der Waals surface area contributed by atoms with E-state index in [1.807, 2.05) is 0 Å². The van der Waals surface area contributed by atoms with Gasteiger partial charge in [0.25, 0.3) is 0 Å². The van der Waals surface area contributed by atoms with Gasteiger partial charge >= 0.3 is 11.9 Å². The molecule has 0 N–H and O–H groups in total. The van der Waals surface area contributed by atoms with Crippen LogP contribution in [0.15, 0.2) is 18.2 Å². The predicted octanol–water partition coefficient (Wildman–Crippen LogP) is 2.18. The van der Waals surface area contributed by atoms with Crippen LogP contribution in [0.25, 0.3) is 0 Å². The van der Waals surface area contributed by atoms with Crippen molar-refractivity contribution < 1.29 is 23.8 Å². The summed E-state index contributed by atoms with van der Waals surface area (Å²) in [6.07, 6.45) is 0. The largest absolute Gasteiger partial charge is 0.490 e. The Balaban J connectivity index is 0.00000256. The Bertz CT molecular complexity index is 377. The van der Waals surface area contributed by atoms with Gasteiger partial charge in [-0.3, -0.25) is 9.59 Å². The van der Waals surface area contributed by atoms with Crippen molar-refractivity contribution in [2.45, 2.75) is 21.3 Å². The third-order valence-electron chi connectivity index (χ3n) is 1.65. The van der Waals surface area contributed by atoms with E-state index in [0.717, 1.165) is 0 Å². The molecule has 17 heavy (non-hydrogen) atoms. The molecule has 0 aliphatic carbocycles. The fourth-order valence-electron chi connectivity index (χ4n) is 1.17. The van der Waals surface area contributed by atoms with Crippen LogP contribution in [0, 0.1) is 0 Å². The van der Waals surface area contributed by atoms with Crippen molar-refractivity contribution >= 4 is 11.9 Å². The minimum Gasteiger partial charge on any atom is -0.490 e. The molecule has 0 saturated carbocycles. The summed E-state index contributed by atoms with van der Waals surface area (Å²) in [5, 5.41) is 0. The van der Waals surface area contributed by atoms with Crippen LogP contribution in [0.2, 0.25) is 0 Å². The Morgan fingerprint density at radius 3 is 1.71 bits per heavy atom. The van der Waals surface area contributed by atoms with E-state index in [1.54, 1.807) is 18.2 Å². The molecule has 0 heterocycles. The Hall–Kier alpha value is -2.04. The minimum absolute atomic E-state index is 0. The molecular formula is C12H16O5. The van der Waals surface area contributed by atoms with Crippen LogP contribution in [-0.2, 0) is 9.59 Å². The van der Waals surface area contributed by atoms with E-state index in [0.29, 0.717) is 0 Å². The highest BCUT2D eigenvalue weighted by Gasteiger charge is 2.14. The van der Waals surface area contributed by atoms with Crippen LogP contribution in [0.1, 0.15) is 21.3 Å². The molecule has 0 amide bonds. The zero-order valence-corrected chi connectivity index (χ0v) is 9.27. The van der Waals surface area contributed by atoms with Crippen LogP contribution in [0.5, 0.6) is 17.2 Å². The van der Waals surface area contributed by atoms with E-state index in [2.05, 4.69) is 0 Å². The van der Waals surface area contributed by atoms with E-state index >= 15 is 0 Å². The van der Waals surface area contributed by atoms with Crippen molar-refractivity contribution in [1.29, 1.82) is 0 Å². The fraction of sp³-hybridized carbons (Fsp3) is 0.333. The molecule has 0 bridgehead atoms. The van der Waals surface area contributed by atoms with E-state index in [1.165, 1.54) is 21.0 Å². The lowest BCUT2D eigenvalue weighted by Gasteiger charge is -2.11. The van der Waals surface area contributed by atoms with Crippen LogP contribution in [0.4, 0.5) is 0 Å². The summed E-state index contributed by atoms with van der Waals surface area (Å²) >= 11 is 0. The second-order valence-corrected chi connectivity index (χ2v) is 2.97. The number of esters is 2. The summed E-state index contributed by atoms with van der Waals surface area (Å²) in [5.74, 6) is -0.299. The SMILES string of the molecule is C.COc1c(OC(C)=O)cccc1OC(C)=O. The number of ether oxygens (including phenoxy) is 3. The van der Waals surface area contributed by atoms with Crippen LogP contribution >= 0.6 is 0 Å². The second kappa shape index (κ2) is 6.52. The lowest BCUT2D eigenvalue weighted by molar-refractivity contribution is -0.132. The summed E-state index contributed by atoms with van der Waals surface area (Å²) in [6.45, 7) is 2.55. The van der Waals surface area contributed by atoms with Gasteiger partial charge in [0.05, 0.1) is 7.11 Å². The quantitative estimate of drug-likeness (QED) is 0.598. The van der Waals surface area contributed by atoms with Crippen LogP contribution < -0.4 is 14.2 Å². The molecule has 0 atom stereocenters. The normalized spacial score (nSPS) is 8.88. The van der Waals surface area contributed by atoms with Gasteiger partial charge in [-0.1, -0.05) is 13.5 Å². The third kappa shape index (κ3) is 4.14. The van der Waals surface area contributed by atoms with Gasteiger partial charge < -0.3 is 14.2 Å². The molecule has 0 unspecified atom stereocenters. The molecule has 0 aliphatic rings. The number of carbonyl (C=O) groups is 2. The number of benzene rings is 1. The molecule has 1 aromatic carbocycles. The smallest absolute Gasteiger partial charge is 0.308 e. The minimum atomic E-state index is -0.474. The maximum atomic E-state index is 10.8. The number of rotatable bonds is 3. The lowest BCUT2D eigenvalue weighted by atomic mass is 10.3. The topological polar surface area (TPSA) is 61.8 Å². The fourth-order valence-corrected chi connectivity index (χ4v) is 1.17.